The van der Waals surface area contributed by atoms with Gasteiger partial charge < -0.3 is 34.9 Å². The summed E-state index contributed by atoms with van der Waals surface area (Å²) in [5.74, 6) is 0.922. The van der Waals surface area contributed by atoms with E-state index in [0.29, 0.717) is 25.4 Å². The van der Waals surface area contributed by atoms with Crippen LogP contribution in [0.15, 0.2) is 59.6 Å². The van der Waals surface area contributed by atoms with Gasteiger partial charge in [0, 0.05) is 40.5 Å². The second kappa shape index (κ2) is 18.1. The van der Waals surface area contributed by atoms with Crippen molar-refractivity contribution < 1.29 is 28.7 Å². The van der Waals surface area contributed by atoms with Gasteiger partial charge in [-0.2, -0.15) is 0 Å². The molecule has 15 heteroatoms. The first kappa shape index (κ1) is 43.3. The maximum Gasteiger partial charge on any atom is 0.407 e. The van der Waals surface area contributed by atoms with E-state index in [1.165, 1.54) is 19.1 Å². The summed E-state index contributed by atoms with van der Waals surface area (Å²) in [4.78, 5) is 71.3. The van der Waals surface area contributed by atoms with Crippen molar-refractivity contribution in [1.29, 1.82) is 0 Å². The van der Waals surface area contributed by atoms with Crippen molar-refractivity contribution in [1.82, 2.24) is 30.4 Å². The fourth-order valence-electron chi connectivity index (χ4n) is 8.61. The first-order valence-corrected chi connectivity index (χ1v) is 22.5. The van der Waals surface area contributed by atoms with Crippen molar-refractivity contribution in [2.24, 2.45) is 28.7 Å². The molecule has 318 valence electrons. The summed E-state index contributed by atoms with van der Waals surface area (Å²) >= 11 is 4.02. The van der Waals surface area contributed by atoms with Gasteiger partial charge in [0.1, 0.15) is 27.3 Å². The van der Waals surface area contributed by atoms with E-state index in [0.717, 1.165) is 66.6 Å². The molecule has 4 amide bonds. The number of H-pyrrole nitrogens is 1. The first-order chi connectivity index (χ1) is 28.6. The van der Waals surface area contributed by atoms with Gasteiger partial charge in [0.25, 0.3) is 0 Å². The van der Waals surface area contributed by atoms with E-state index < -0.39 is 24.3 Å². The normalized spacial score (nSPS) is 20.9. The van der Waals surface area contributed by atoms with Crippen molar-refractivity contribution in [3.63, 3.8) is 0 Å². The van der Waals surface area contributed by atoms with E-state index >= 15 is 0 Å². The predicted octanol–water partition coefficient (Wildman–Crippen LogP) is 8.61. The van der Waals surface area contributed by atoms with Crippen molar-refractivity contribution in [2.75, 3.05) is 27.3 Å². The van der Waals surface area contributed by atoms with E-state index in [1.54, 1.807) is 11.3 Å². The Balaban J connectivity index is 1.02. The molecule has 6 atom stereocenters. The number of benzene rings is 2. The van der Waals surface area contributed by atoms with Gasteiger partial charge in [-0.25, -0.2) is 14.6 Å². The molecule has 60 heavy (non-hydrogen) atoms. The molecular weight excluding hydrogens is 894 g/mol. The van der Waals surface area contributed by atoms with Crippen LogP contribution in [0.1, 0.15) is 71.1 Å². The highest BCUT2D eigenvalue weighted by molar-refractivity contribution is 14.1. The van der Waals surface area contributed by atoms with Crippen molar-refractivity contribution >= 4 is 69.3 Å². The largest absolute Gasteiger partial charge is 0.453 e. The number of carbonyl (C=O) groups excluding carboxylic acids is 4. The lowest BCUT2D eigenvalue weighted by molar-refractivity contribution is -0.136. The first-order valence-electron chi connectivity index (χ1n) is 20.6. The molecule has 5 heterocycles. The summed E-state index contributed by atoms with van der Waals surface area (Å²) < 4.78 is 10.5. The van der Waals surface area contributed by atoms with Crippen LogP contribution in [0, 0.1) is 27.4 Å². The number of aromatic nitrogens is 2. The van der Waals surface area contributed by atoms with Crippen LogP contribution < -0.4 is 10.6 Å². The Morgan fingerprint density at radius 2 is 1.25 bits per heavy atom. The average Bonchev–Trinajstić information content (AvgIpc) is 4.07. The van der Waals surface area contributed by atoms with Crippen LogP contribution in [-0.4, -0.2) is 94.9 Å². The highest BCUT2D eigenvalue weighted by Crippen LogP contribution is 2.43. The van der Waals surface area contributed by atoms with E-state index in [4.69, 9.17) is 19.5 Å². The van der Waals surface area contributed by atoms with E-state index in [2.05, 4.69) is 107 Å². The molecule has 2 fully saturated rings. The molecule has 0 radical (unpaired) electrons. The minimum absolute atomic E-state index is 0.0873. The molecule has 4 aromatic rings. The van der Waals surface area contributed by atoms with Gasteiger partial charge in [0.2, 0.25) is 11.8 Å². The average molecular weight is 948 g/mol. The number of carbonyl (C=O) groups is 4. The lowest BCUT2D eigenvalue weighted by atomic mass is 10.0. The SMILES string of the molecule is COC(=O)N[C@H](C(=O)N1C[C@@H](C)C[C@H]1C1=Nc2cc(-c3ccc(-c4ccc(-c5nc([C@@H]6C[C@H](C)CN6C(=O)[C@@H](NC(=O)OC)C(C)C)[nH]c5I)cc4)cc3)sc2C1)C(C)C. The lowest BCUT2D eigenvalue weighted by Crippen LogP contribution is -2.53. The Bertz CT molecular complexity index is 2270. The Morgan fingerprint density at radius 1 is 0.767 bits per heavy atom. The number of halogens is 1. The Labute approximate surface area is 369 Å². The zero-order chi connectivity index (χ0) is 43.0. The smallest absolute Gasteiger partial charge is 0.407 e. The van der Waals surface area contributed by atoms with Crippen LogP contribution in [0.5, 0.6) is 0 Å². The number of imidazole rings is 1. The third kappa shape index (κ3) is 8.97. The summed E-state index contributed by atoms with van der Waals surface area (Å²) in [6.45, 7) is 13.2. The highest BCUT2D eigenvalue weighted by Gasteiger charge is 2.42. The minimum Gasteiger partial charge on any atom is -0.453 e. The van der Waals surface area contributed by atoms with Crippen LogP contribution >= 0.6 is 33.9 Å². The van der Waals surface area contributed by atoms with Gasteiger partial charge in [-0.15, -0.1) is 11.3 Å². The minimum atomic E-state index is -0.699. The second-order valence-electron chi connectivity index (χ2n) is 17.0. The predicted molar refractivity (Wildman–Crippen MR) is 242 cm³/mol. The third-order valence-corrected chi connectivity index (χ3v) is 13.8. The summed E-state index contributed by atoms with van der Waals surface area (Å²) in [5, 5.41) is 5.47. The maximum atomic E-state index is 13.8. The zero-order valence-corrected chi connectivity index (χ0v) is 38.3. The molecule has 2 aromatic carbocycles. The molecule has 0 unspecified atom stereocenters. The monoisotopic (exact) mass is 947 g/mol. The number of hydrogen-bond donors (Lipinski definition) is 3. The number of nitrogens with one attached hydrogen (secondary N) is 3. The maximum absolute atomic E-state index is 13.8. The number of hydrogen-bond acceptors (Lipinski definition) is 9. The number of ether oxygens (including phenoxy) is 2. The number of aromatic amines is 1. The molecule has 3 aliphatic heterocycles. The standard InChI is InChI=1S/C45H54IN7O6S/c1-23(2)37(49-44(56)58-7)42(54)52-21-25(5)17-33(52)31-19-36-32(47-31)20-35(60-36)29-13-9-27(10-14-29)28-11-15-30(16-12-28)39-40(46)51-41(48-39)34-18-26(6)22-53(34)43(55)38(24(3)4)50-45(57)59-8/h9-16,20,23-26,33-34,37-38H,17-19,21-22H2,1-8H3,(H,48,51)(H,49,56)(H,50,57)/t25-,26-,33-,34-,37-,38-/m0/s1. The van der Waals surface area contributed by atoms with Gasteiger partial charge in [-0.1, -0.05) is 90.1 Å². The highest BCUT2D eigenvalue weighted by atomic mass is 127. The topological polar surface area (TPSA) is 158 Å². The van der Waals surface area contributed by atoms with Gasteiger partial charge in [0.05, 0.1) is 32.0 Å². The quantitative estimate of drug-likeness (QED) is 0.127. The van der Waals surface area contributed by atoms with Crippen molar-refractivity contribution in [2.45, 2.75) is 85.0 Å². The van der Waals surface area contributed by atoms with Crippen LogP contribution in [0.4, 0.5) is 15.3 Å². The molecule has 13 nitrogen and oxygen atoms in total. The van der Waals surface area contributed by atoms with Gasteiger partial charge >= 0.3 is 12.2 Å². The molecule has 0 bridgehead atoms. The van der Waals surface area contributed by atoms with E-state index in [9.17, 15) is 19.2 Å². The van der Waals surface area contributed by atoms with Crippen molar-refractivity contribution in [3.8, 4) is 32.8 Å². The number of nitrogens with zero attached hydrogens (tertiary/aromatic N) is 4. The zero-order valence-electron chi connectivity index (χ0n) is 35.4. The van der Waals surface area contributed by atoms with Crippen LogP contribution in [-0.2, 0) is 25.5 Å². The molecule has 7 rings (SSSR count). The summed E-state index contributed by atoms with van der Waals surface area (Å²) in [6.07, 6.45) is 1.10. The van der Waals surface area contributed by atoms with Crippen LogP contribution in [0.25, 0.3) is 32.8 Å². The van der Waals surface area contributed by atoms with Crippen LogP contribution in [0.3, 0.4) is 0 Å². The molecule has 2 aromatic heterocycles. The summed E-state index contributed by atoms with van der Waals surface area (Å²) in [6, 6.07) is 17.4. The second-order valence-corrected chi connectivity index (χ2v) is 19.3. The molecule has 0 aliphatic carbocycles. The Kier molecular flexibility index (Phi) is 13.0. The van der Waals surface area contributed by atoms with E-state index in [-0.39, 0.29) is 41.7 Å². The number of thiophene rings is 1. The molecular formula is C45H54IN7O6S. The Morgan fingerprint density at radius 3 is 1.75 bits per heavy atom. The van der Waals surface area contributed by atoms with Crippen molar-refractivity contribution in [3.05, 3.63) is 69.0 Å². The molecule has 2 saturated heterocycles. The Hall–Kier alpha value is -4.77. The number of aliphatic imine (C=N–C) groups is 1. The van der Waals surface area contributed by atoms with Crippen LogP contribution in [0.2, 0.25) is 0 Å². The van der Waals surface area contributed by atoms with E-state index in [1.807, 2.05) is 37.5 Å². The van der Waals surface area contributed by atoms with Gasteiger partial charge in [-0.05, 0) is 81.9 Å². The number of likely N-dealkylation sites (tertiary alicyclic amines) is 2. The van der Waals surface area contributed by atoms with Gasteiger partial charge in [-0.3, -0.25) is 14.6 Å². The molecule has 3 N–H and O–H groups in total. The molecule has 0 spiro atoms. The third-order valence-electron chi connectivity index (χ3n) is 11.8. The molecule has 3 aliphatic rings. The fourth-order valence-corrected chi connectivity index (χ4v) is 10.4. The molecule has 0 saturated carbocycles. The summed E-state index contributed by atoms with van der Waals surface area (Å²) in [5.41, 5.74) is 7.10. The lowest BCUT2D eigenvalue weighted by Gasteiger charge is -2.31. The summed E-state index contributed by atoms with van der Waals surface area (Å²) in [7, 11) is 2.60. The number of rotatable bonds is 11. The number of alkyl carbamates (subject to hydrolysis) is 2. The number of fused-ring (bicyclic) bond motifs is 1. The van der Waals surface area contributed by atoms with Gasteiger partial charge in [0.15, 0.2) is 0 Å². The fraction of sp³-hybridized carbons (Fsp3) is 0.467. The number of amides is 4. The number of methoxy groups -OCH3 is 2.